The zero-order valence-electron chi connectivity index (χ0n) is 13.3. The van der Waals surface area contributed by atoms with Crippen LogP contribution in [0.5, 0.6) is 0 Å². The number of nitrogens with zero attached hydrogens (tertiary/aromatic N) is 2. The van der Waals surface area contributed by atoms with Crippen molar-refractivity contribution in [2.24, 2.45) is 0 Å². The number of pyridine rings is 1. The summed E-state index contributed by atoms with van der Waals surface area (Å²) in [5.41, 5.74) is 3.31. The average Bonchev–Trinajstić information content (AvgIpc) is 3.32. The Morgan fingerprint density at radius 2 is 2.12 bits per heavy atom. The SMILES string of the molecule is O=C(O)c1cccnc1CN(Cc1ccc2[nH]ccc2c1)C1CC1. The van der Waals surface area contributed by atoms with Crippen molar-refractivity contribution in [3.05, 3.63) is 65.6 Å². The minimum Gasteiger partial charge on any atom is -0.478 e. The Hall–Kier alpha value is -2.66. The van der Waals surface area contributed by atoms with Crippen LogP contribution in [-0.4, -0.2) is 32.0 Å². The lowest BCUT2D eigenvalue weighted by atomic mass is 10.1. The largest absolute Gasteiger partial charge is 0.478 e. The number of nitrogens with one attached hydrogen (secondary N) is 1. The van der Waals surface area contributed by atoms with E-state index in [1.807, 2.05) is 6.20 Å². The normalized spacial score (nSPS) is 14.4. The van der Waals surface area contributed by atoms with E-state index < -0.39 is 5.97 Å². The summed E-state index contributed by atoms with van der Waals surface area (Å²) in [6.07, 6.45) is 5.95. The first kappa shape index (κ1) is 14.9. The van der Waals surface area contributed by atoms with Crippen LogP contribution in [0.15, 0.2) is 48.8 Å². The van der Waals surface area contributed by atoms with Gasteiger partial charge in [-0.3, -0.25) is 9.88 Å². The highest BCUT2D eigenvalue weighted by Gasteiger charge is 2.30. The second kappa shape index (κ2) is 6.09. The van der Waals surface area contributed by atoms with E-state index in [2.05, 4.69) is 39.1 Å². The molecule has 0 atom stereocenters. The monoisotopic (exact) mass is 321 g/mol. The third kappa shape index (κ3) is 3.03. The number of aromatic carboxylic acids is 1. The lowest BCUT2D eigenvalue weighted by molar-refractivity contribution is 0.0693. The molecule has 2 aromatic heterocycles. The molecule has 4 rings (SSSR count). The van der Waals surface area contributed by atoms with Gasteiger partial charge in [-0.25, -0.2) is 4.79 Å². The van der Waals surface area contributed by atoms with E-state index in [1.54, 1.807) is 18.3 Å². The fourth-order valence-corrected chi connectivity index (χ4v) is 3.14. The third-order valence-electron chi connectivity index (χ3n) is 4.54. The van der Waals surface area contributed by atoms with Gasteiger partial charge in [0.1, 0.15) is 0 Å². The second-order valence-corrected chi connectivity index (χ2v) is 6.34. The molecule has 24 heavy (non-hydrogen) atoms. The lowest BCUT2D eigenvalue weighted by Gasteiger charge is -2.22. The van der Waals surface area contributed by atoms with Crippen molar-refractivity contribution in [3.63, 3.8) is 0 Å². The Labute approximate surface area is 139 Å². The first-order valence-corrected chi connectivity index (χ1v) is 8.18. The van der Waals surface area contributed by atoms with Gasteiger partial charge in [0.05, 0.1) is 11.3 Å². The van der Waals surface area contributed by atoms with Crippen LogP contribution in [0.25, 0.3) is 10.9 Å². The van der Waals surface area contributed by atoms with Crippen molar-refractivity contribution in [2.75, 3.05) is 0 Å². The predicted molar refractivity (Wildman–Crippen MR) is 91.8 cm³/mol. The summed E-state index contributed by atoms with van der Waals surface area (Å²) in [7, 11) is 0. The van der Waals surface area contributed by atoms with Crippen LogP contribution < -0.4 is 0 Å². The molecule has 0 bridgehead atoms. The van der Waals surface area contributed by atoms with Gasteiger partial charge in [-0.15, -0.1) is 0 Å². The van der Waals surface area contributed by atoms with Crippen molar-refractivity contribution < 1.29 is 9.90 Å². The molecule has 0 aliphatic heterocycles. The Bertz CT molecular complexity index is 883. The van der Waals surface area contributed by atoms with E-state index >= 15 is 0 Å². The van der Waals surface area contributed by atoms with Gasteiger partial charge in [0.25, 0.3) is 0 Å². The van der Waals surface area contributed by atoms with E-state index in [0.29, 0.717) is 23.8 Å². The molecule has 3 aromatic rings. The number of hydrogen-bond donors (Lipinski definition) is 2. The number of carboxylic acid groups (broad SMARTS) is 1. The summed E-state index contributed by atoms with van der Waals surface area (Å²) in [5, 5.41) is 10.6. The molecular weight excluding hydrogens is 302 g/mol. The number of fused-ring (bicyclic) bond motifs is 1. The van der Waals surface area contributed by atoms with Crippen LogP contribution in [0.3, 0.4) is 0 Å². The van der Waals surface area contributed by atoms with Crippen molar-refractivity contribution in [3.8, 4) is 0 Å². The molecule has 0 saturated heterocycles. The van der Waals surface area contributed by atoms with Crippen molar-refractivity contribution >= 4 is 16.9 Å². The quantitative estimate of drug-likeness (QED) is 0.730. The minimum absolute atomic E-state index is 0.296. The van der Waals surface area contributed by atoms with Gasteiger partial charge in [0.2, 0.25) is 0 Å². The molecular formula is C19H19N3O2. The first-order chi connectivity index (χ1) is 11.7. The summed E-state index contributed by atoms with van der Waals surface area (Å²) < 4.78 is 0. The number of H-pyrrole nitrogens is 1. The van der Waals surface area contributed by atoms with E-state index in [9.17, 15) is 9.90 Å². The Morgan fingerprint density at radius 1 is 1.25 bits per heavy atom. The summed E-state index contributed by atoms with van der Waals surface area (Å²) in [5.74, 6) is -0.914. The molecule has 2 heterocycles. The van der Waals surface area contributed by atoms with Crippen molar-refractivity contribution in [1.82, 2.24) is 14.9 Å². The maximum atomic E-state index is 11.4. The molecule has 1 saturated carbocycles. The Kier molecular flexibility index (Phi) is 3.78. The molecule has 0 radical (unpaired) electrons. The van der Waals surface area contributed by atoms with E-state index in [4.69, 9.17) is 0 Å². The second-order valence-electron chi connectivity index (χ2n) is 6.34. The first-order valence-electron chi connectivity index (χ1n) is 8.18. The Morgan fingerprint density at radius 3 is 2.92 bits per heavy atom. The zero-order valence-corrected chi connectivity index (χ0v) is 13.3. The van der Waals surface area contributed by atoms with Gasteiger partial charge < -0.3 is 10.1 Å². The van der Waals surface area contributed by atoms with Gasteiger partial charge in [-0.2, -0.15) is 0 Å². The number of rotatable bonds is 6. The lowest BCUT2D eigenvalue weighted by Crippen LogP contribution is -2.26. The standard InChI is InChI=1S/C19H19N3O2/c23-19(24)16-2-1-8-20-18(16)12-22(15-4-5-15)11-13-3-6-17-14(10-13)7-9-21-17/h1-3,6-10,15,21H,4-5,11-12H2,(H,23,24). The average molecular weight is 321 g/mol. The van der Waals surface area contributed by atoms with Gasteiger partial charge in [0, 0.05) is 37.0 Å². The topological polar surface area (TPSA) is 69.2 Å². The molecule has 0 amide bonds. The van der Waals surface area contributed by atoms with Crippen LogP contribution in [0, 0.1) is 0 Å². The van der Waals surface area contributed by atoms with Crippen molar-refractivity contribution in [2.45, 2.75) is 32.0 Å². The molecule has 1 aliphatic carbocycles. The zero-order chi connectivity index (χ0) is 16.5. The summed E-state index contributed by atoms with van der Waals surface area (Å²) in [4.78, 5) is 21.2. The predicted octanol–water partition coefficient (Wildman–Crippen LogP) is 3.43. The van der Waals surface area contributed by atoms with Crippen LogP contribution in [0.4, 0.5) is 0 Å². The van der Waals surface area contributed by atoms with Crippen LogP contribution >= 0.6 is 0 Å². The maximum absolute atomic E-state index is 11.4. The van der Waals surface area contributed by atoms with Gasteiger partial charge in [-0.05, 0) is 54.1 Å². The Balaban J connectivity index is 1.58. The minimum atomic E-state index is -0.914. The maximum Gasteiger partial charge on any atom is 0.337 e. The smallest absolute Gasteiger partial charge is 0.337 e. The number of carbonyl (C=O) groups is 1. The molecule has 1 fully saturated rings. The summed E-state index contributed by atoms with van der Waals surface area (Å²) >= 11 is 0. The van der Waals surface area contributed by atoms with Gasteiger partial charge in [-0.1, -0.05) is 6.07 Å². The van der Waals surface area contributed by atoms with E-state index in [1.165, 1.54) is 23.8 Å². The van der Waals surface area contributed by atoms with E-state index in [0.717, 1.165) is 12.1 Å². The third-order valence-corrected chi connectivity index (χ3v) is 4.54. The number of carboxylic acids is 1. The molecule has 1 aromatic carbocycles. The highest BCUT2D eigenvalue weighted by atomic mass is 16.4. The number of aromatic amines is 1. The number of benzene rings is 1. The summed E-state index contributed by atoms with van der Waals surface area (Å²) in [6.45, 7) is 1.37. The van der Waals surface area contributed by atoms with E-state index in [-0.39, 0.29) is 0 Å². The molecule has 0 spiro atoms. The fourth-order valence-electron chi connectivity index (χ4n) is 3.14. The van der Waals surface area contributed by atoms with Crippen LogP contribution in [0.1, 0.15) is 34.5 Å². The molecule has 5 nitrogen and oxygen atoms in total. The molecule has 0 unspecified atom stereocenters. The van der Waals surface area contributed by atoms with Gasteiger partial charge >= 0.3 is 5.97 Å². The highest BCUT2D eigenvalue weighted by molar-refractivity contribution is 5.88. The van der Waals surface area contributed by atoms with Crippen LogP contribution in [0.2, 0.25) is 0 Å². The van der Waals surface area contributed by atoms with Crippen LogP contribution in [-0.2, 0) is 13.1 Å². The molecule has 1 aliphatic rings. The number of aromatic nitrogens is 2. The van der Waals surface area contributed by atoms with Crippen molar-refractivity contribution in [1.29, 1.82) is 0 Å². The number of hydrogen-bond acceptors (Lipinski definition) is 3. The highest BCUT2D eigenvalue weighted by Crippen LogP contribution is 2.30. The molecule has 5 heteroatoms. The van der Waals surface area contributed by atoms with Gasteiger partial charge in [0.15, 0.2) is 0 Å². The fraction of sp³-hybridized carbons (Fsp3) is 0.263. The molecule has 122 valence electrons. The molecule has 2 N–H and O–H groups in total. The summed E-state index contributed by atoms with van der Waals surface area (Å²) in [6, 6.07) is 12.3.